The molecule has 0 aromatic rings. The first-order chi connectivity index (χ1) is 13.9. The molecule has 0 aliphatic carbocycles. The third-order valence-electron chi connectivity index (χ3n) is 3.50. The topological polar surface area (TPSA) is 170 Å². The molecule has 0 spiro atoms. The van der Waals surface area contributed by atoms with Gasteiger partial charge in [-0.3, -0.25) is 18.7 Å². The summed E-state index contributed by atoms with van der Waals surface area (Å²) in [6, 6.07) is 0. The molecule has 0 aliphatic rings. The van der Waals surface area contributed by atoms with Crippen molar-refractivity contribution in [3.05, 3.63) is 24.3 Å². The molecule has 4 N–H and O–H groups in total. The second kappa shape index (κ2) is 14.6. The summed E-state index contributed by atoms with van der Waals surface area (Å²) < 4.78 is 41.5. The molecular formula is C16H30N2O10P2. The molecule has 2 atom stereocenters. The monoisotopic (exact) mass is 472 g/mol. The van der Waals surface area contributed by atoms with E-state index in [1.54, 1.807) is 0 Å². The molecule has 30 heavy (non-hydrogen) atoms. The molecule has 0 aliphatic heterocycles. The molecule has 0 bridgehead atoms. The maximum absolute atomic E-state index is 11.8. The molecule has 0 saturated carbocycles. The lowest BCUT2D eigenvalue weighted by molar-refractivity contribution is -0.119. The van der Waals surface area contributed by atoms with Gasteiger partial charge in [0.05, 0.1) is 38.8 Å². The molecular weight excluding hydrogens is 442 g/mol. The van der Waals surface area contributed by atoms with E-state index in [1.807, 2.05) is 0 Å². The fraction of sp³-hybridized carbons (Fsp3) is 0.625. The lowest BCUT2D eigenvalue weighted by atomic mass is 10.3. The molecule has 0 radical (unpaired) electrons. The third-order valence-corrected chi connectivity index (χ3v) is 6.13. The zero-order valence-corrected chi connectivity index (χ0v) is 18.9. The van der Waals surface area contributed by atoms with E-state index in [1.165, 1.54) is 0 Å². The van der Waals surface area contributed by atoms with Gasteiger partial charge in [0, 0.05) is 38.5 Å². The summed E-state index contributed by atoms with van der Waals surface area (Å²) in [4.78, 5) is 42.1. The number of carbonyl (C=O) groups is 2. The predicted molar refractivity (Wildman–Crippen MR) is 109 cm³/mol. The Morgan fingerprint density at radius 3 is 1.43 bits per heavy atom. The van der Waals surface area contributed by atoms with Crippen molar-refractivity contribution in [3.63, 3.8) is 0 Å². The Labute approximate surface area is 175 Å². The Hall–Kier alpha value is -1.36. The molecule has 0 rings (SSSR count). The number of carbonyl (C=O) groups excluding carboxylic acids is 2. The van der Waals surface area contributed by atoms with Gasteiger partial charge in [0.25, 0.3) is 0 Å². The van der Waals surface area contributed by atoms with Gasteiger partial charge in [0.15, 0.2) is 0 Å². The highest BCUT2D eigenvalue weighted by atomic mass is 31.2. The van der Waals surface area contributed by atoms with Crippen LogP contribution in [0.1, 0.15) is 0 Å². The maximum Gasteiger partial charge on any atom is 0.330 e. The fourth-order valence-electron chi connectivity index (χ4n) is 1.67. The maximum atomic E-state index is 11.8. The lowest BCUT2D eigenvalue weighted by Crippen LogP contribution is -2.36. The van der Waals surface area contributed by atoms with Gasteiger partial charge in [0.2, 0.25) is 11.8 Å². The fourth-order valence-corrected chi connectivity index (χ4v) is 2.75. The summed E-state index contributed by atoms with van der Waals surface area (Å²) in [5.41, 5.74) is 0.225. The van der Waals surface area contributed by atoms with E-state index in [0.717, 1.165) is 14.2 Å². The zero-order valence-electron chi connectivity index (χ0n) is 17.1. The highest BCUT2D eigenvalue weighted by Gasteiger charge is 2.17. The number of hydrogen-bond acceptors (Lipinski definition) is 8. The van der Waals surface area contributed by atoms with Crippen LogP contribution in [0.15, 0.2) is 24.3 Å². The molecule has 0 aromatic heterocycles. The van der Waals surface area contributed by atoms with Crippen molar-refractivity contribution in [2.24, 2.45) is 0 Å². The minimum Gasteiger partial charge on any atom is -0.376 e. The van der Waals surface area contributed by atoms with Crippen molar-refractivity contribution in [2.45, 2.75) is 0 Å². The van der Waals surface area contributed by atoms with Crippen LogP contribution in [0, 0.1) is 0 Å². The average molecular weight is 472 g/mol. The van der Waals surface area contributed by atoms with Crippen LogP contribution in [-0.2, 0) is 37.2 Å². The van der Waals surface area contributed by atoms with Crippen molar-refractivity contribution in [3.8, 4) is 0 Å². The van der Waals surface area contributed by atoms with Gasteiger partial charge in [-0.05, 0) is 0 Å². The number of amides is 2. The van der Waals surface area contributed by atoms with Crippen LogP contribution in [0.3, 0.4) is 0 Å². The van der Waals surface area contributed by atoms with Crippen molar-refractivity contribution in [2.75, 3.05) is 66.1 Å². The summed E-state index contributed by atoms with van der Waals surface area (Å²) in [5.74, 6) is -0.978. The first-order valence-corrected chi connectivity index (χ1v) is 12.3. The molecule has 0 heterocycles. The smallest absolute Gasteiger partial charge is 0.330 e. The van der Waals surface area contributed by atoms with Crippen molar-refractivity contribution in [1.29, 1.82) is 0 Å². The Morgan fingerprint density at radius 2 is 1.13 bits per heavy atom. The second-order valence-electron chi connectivity index (χ2n) is 5.91. The van der Waals surface area contributed by atoms with Crippen LogP contribution in [0.25, 0.3) is 0 Å². The Kier molecular flexibility index (Phi) is 13.9. The van der Waals surface area contributed by atoms with Crippen molar-refractivity contribution in [1.82, 2.24) is 10.6 Å². The average Bonchev–Trinajstić information content (AvgIpc) is 2.70. The highest BCUT2D eigenvalue weighted by Crippen LogP contribution is 2.40. The van der Waals surface area contributed by atoms with Gasteiger partial charge in [0.1, 0.15) is 0 Å². The molecule has 0 saturated heterocycles. The Morgan fingerprint density at radius 1 is 0.800 bits per heavy atom. The number of hydrogen-bond donors (Lipinski definition) is 4. The Balaban J connectivity index is 3.91. The lowest BCUT2D eigenvalue weighted by Gasteiger charge is -2.12. The standard InChI is InChI=1S/C16H30N2O10P2/c1-13(11-27-7-9-29(21,22)25-3)15(19)17-5-6-18-16(20)14(2)12-28-8-10-30(23,24)26-4/h1-2,5-12H2,3-4H3,(H,17,19)(H,18,20)(H,21,22)(H,23,24). The van der Waals surface area contributed by atoms with E-state index in [4.69, 9.17) is 9.47 Å². The van der Waals surface area contributed by atoms with Gasteiger partial charge in [-0.15, -0.1) is 0 Å². The van der Waals surface area contributed by atoms with Crippen LogP contribution < -0.4 is 10.6 Å². The third kappa shape index (κ3) is 13.8. The van der Waals surface area contributed by atoms with Crippen LogP contribution in [0.4, 0.5) is 0 Å². The van der Waals surface area contributed by atoms with Gasteiger partial charge in [-0.2, -0.15) is 0 Å². The van der Waals surface area contributed by atoms with Crippen molar-refractivity contribution >= 4 is 27.0 Å². The number of nitrogens with one attached hydrogen (secondary N) is 2. The van der Waals surface area contributed by atoms with Gasteiger partial charge in [-0.1, -0.05) is 13.2 Å². The molecule has 174 valence electrons. The molecule has 14 heteroatoms. The Bertz CT molecular complexity index is 640. The summed E-state index contributed by atoms with van der Waals surface area (Å²) in [5, 5.41) is 5.05. The van der Waals surface area contributed by atoms with E-state index in [0.29, 0.717) is 0 Å². The molecule has 2 amide bonds. The van der Waals surface area contributed by atoms with Crippen LogP contribution in [-0.4, -0.2) is 87.7 Å². The summed E-state index contributed by atoms with van der Waals surface area (Å²) in [7, 11) is -5.08. The van der Waals surface area contributed by atoms with E-state index in [2.05, 4.69) is 32.8 Å². The predicted octanol–water partition coefficient (Wildman–Crippen LogP) is 0.0280. The van der Waals surface area contributed by atoms with Gasteiger partial charge < -0.3 is 38.9 Å². The van der Waals surface area contributed by atoms with E-state index in [-0.39, 0.29) is 63.0 Å². The van der Waals surface area contributed by atoms with Gasteiger partial charge in [-0.25, -0.2) is 0 Å². The van der Waals surface area contributed by atoms with E-state index in [9.17, 15) is 28.5 Å². The zero-order chi connectivity index (χ0) is 23.2. The number of ether oxygens (including phenoxy) is 2. The molecule has 12 nitrogen and oxygen atoms in total. The number of rotatable bonds is 17. The van der Waals surface area contributed by atoms with Crippen LogP contribution in [0.2, 0.25) is 0 Å². The molecule has 0 fully saturated rings. The van der Waals surface area contributed by atoms with Gasteiger partial charge >= 0.3 is 15.2 Å². The highest BCUT2D eigenvalue weighted by molar-refractivity contribution is 7.53. The molecule has 0 aromatic carbocycles. The van der Waals surface area contributed by atoms with Crippen molar-refractivity contribution < 1.29 is 47.0 Å². The first kappa shape index (κ1) is 28.6. The SMILES string of the molecule is C=C(COCCP(=O)(O)OC)C(=O)NCCNC(=O)C(=C)COCCP(=O)(O)OC. The first-order valence-electron chi connectivity index (χ1n) is 8.76. The van der Waals surface area contributed by atoms with Crippen LogP contribution >= 0.6 is 15.2 Å². The van der Waals surface area contributed by atoms with E-state index >= 15 is 0 Å². The quantitative estimate of drug-likeness (QED) is 0.129. The summed E-state index contributed by atoms with van der Waals surface area (Å²) in [6.45, 7) is 6.94. The summed E-state index contributed by atoms with van der Waals surface area (Å²) in [6.07, 6.45) is -0.409. The van der Waals surface area contributed by atoms with E-state index < -0.39 is 27.0 Å². The largest absolute Gasteiger partial charge is 0.376 e. The minimum absolute atomic E-state index is 0.0739. The summed E-state index contributed by atoms with van der Waals surface area (Å²) >= 11 is 0. The normalized spacial score (nSPS) is 14.9. The van der Waals surface area contributed by atoms with Crippen LogP contribution in [0.5, 0.6) is 0 Å². The molecule has 2 unspecified atom stereocenters. The second-order valence-corrected chi connectivity index (χ2v) is 10.1. The minimum atomic E-state index is -3.66.